The number of nitrogens with zero attached hydrogens (tertiary/aromatic N) is 2. The summed E-state index contributed by atoms with van der Waals surface area (Å²) in [5.74, 6) is 0.0295. The van der Waals surface area contributed by atoms with Gasteiger partial charge in [0.15, 0.2) is 0 Å². The number of carbonyl (C=O) groups is 1. The molecule has 2 rings (SSSR count). The Bertz CT molecular complexity index is 519. The molecule has 0 aliphatic heterocycles. The summed E-state index contributed by atoms with van der Waals surface area (Å²) in [6.45, 7) is 1.02. The Labute approximate surface area is 138 Å². The van der Waals surface area contributed by atoms with E-state index < -0.39 is 6.10 Å². The van der Waals surface area contributed by atoms with Crippen molar-refractivity contribution in [2.24, 2.45) is 0 Å². The summed E-state index contributed by atoms with van der Waals surface area (Å²) in [7, 11) is 5.30. The number of aliphatic hydroxyl groups is 1. The number of aryl methyl sites for hydroxylation is 1. The third kappa shape index (κ3) is 5.30. The molecule has 0 aromatic heterocycles. The molecule has 23 heavy (non-hydrogen) atoms. The molecule has 0 saturated heterocycles. The van der Waals surface area contributed by atoms with Crippen LogP contribution in [-0.4, -0.2) is 67.8 Å². The lowest BCUT2D eigenvalue weighted by Crippen LogP contribution is -2.39. The monoisotopic (exact) mass is 320 g/mol. The van der Waals surface area contributed by atoms with Crippen LogP contribution in [0, 0.1) is 0 Å². The van der Waals surface area contributed by atoms with Crippen LogP contribution in [0.3, 0.4) is 0 Å². The van der Waals surface area contributed by atoms with Crippen molar-refractivity contribution in [2.75, 3.05) is 40.8 Å². The number of hydrogen-bond donors (Lipinski definition) is 1. The smallest absolute Gasteiger partial charge is 0.236 e. The lowest BCUT2D eigenvalue weighted by molar-refractivity contribution is -0.130. The number of carbonyl (C=O) groups excluding carboxylic acids is 1. The van der Waals surface area contributed by atoms with Crippen LogP contribution in [0.2, 0.25) is 0 Å². The molecule has 2 unspecified atom stereocenters. The van der Waals surface area contributed by atoms with Crippen molar-refractivity contribution < 1.29 is 14.6 Å². The molecule has 1 aromatic carbocycles. The summed E-state index contributed by atoms with van der Waals surface area (Å²) in [5, 5.41) is 10.2. The maximum absolute atomic E-state index is 11.6. The topological polar surface area (TPSA) is 53.0 Å². The van der Waals surface area contributed by atoms with Crippen LogP contribution in [0.5, 0.6) is 0 Å². The molecule has 1 aliphatic rings. The Balaban J connectivity index is 1.79. The van der Waals surface area contributed by atoms with Crippen LogP contribution in [-0.2, 0) is 16.0 Å². The van der Waals surface area contributed by atoms with Crippen LogP contribution in [0.25, 0.3) is 0 Å². The second-order valence-corrected chi connectivity index (χ2v) is 6.55. The molecule has 1 amide bonds. The zero-order valence-electron chi connectivity index (χ0n) is 14.4. The molecule has 2 atom stereocenters. The van der Waals surface area contributed by atoms with E-state index in [0.29, 0.717) is 19.7 Å². The Hall–Kier alpha value is -1.43. The van der Waals surface area contributed by atoms with Gasteiger partial charge in [-0.25, -0.2) is 0 Å². The van der Waals surface area contributed by atoms with Gasteiger partial charge in [-0.1, -0.05) is 24.3 Å². The highest BCUT2D eigenvalue weighted by Gasteiger charge is 2.21. The van der Waals surface area contributed by atoms with Gasteiger partial charge < -0.3 is 14.7 Å². The standard InChI is InChI=1S/C18H28N2O3/c1-19(2)18(22)12-20(3)11-15(21)13-23-17-10-6-8-14-7-4-5-9-16(14)17/h4-5,7,9,15,17,21H,6,8,10-13H2,1-3H3. The van der Waals surface area contributed by atoms with Crippen molar-refractivity contribution in [3.63, 3.8) is 0 Å². The molecule has 0 bridgehead atoms. The molecule has 5 heteroatoms. The van der Waals surface area contributed by atoms with E-state index in [4.69, 9.17) is 4.74 Å². The van der Waals surface area contributed by atoms with E-state index in [-0.39, 0.29) is 12.0 Å². The highest BCUT2D eigenvalue weighted by molar-refractivity contribution is 5.77. The number of aliphatic hydroxyl groups excluding tert-OH is 1. The van der Waals surface area contributed by atoms with Crippen molar-refractivity contribution in [3.05, 3.63) is 35.4 Å². The summed E-state index contributed by atoms with van der Waals surface area (Å²) >= 11 is 0. The molecule has 0 saturated carbocycles. The molecule has 1 aromatic rings. The average molecular weight is 320 g/mol. The maximum Gasteiger partial charge on any atom is 0.236 e. The zero-order chi connectivity index (χ0) is 16.8. The minimum Gasteiger partial charge on any atom is -0.389 e. The first kappa shape index (κ1) is 17.9. The molecule has 128 valence electrons. The number of likely N-dealkylation sites (N-methyl/N-ethyl adjacent to an activating group) is 2. The van der Waals surface area contributed by atoms with Crippen molar-refractivity contribution in [3.8, 4) is 0 Å². The van der Waals surface area contributed by atoms with Crippen LogP contribution in [0.1, 0.15) is 30.1 Å². The van der Waals surface area contributed by atoms with Gasteiger partial charge in [-0.15, -0.1) is 0 Å². The Kier molecular flexibility index (Phi) is 6.57. The van der Waals surface area contributed by atoms with E-state index in [0.717, 1.165) is 19.3 Å². The Morgan fingerprint density at radius 3 is 2.83 bits per heavy atom. The minimum absolute atomic E-state index is 0.0295. The maximum atomic E-state index is 11.6. The largest absolute Gasteiger partial charge is 0.389 e. The second-order valence-electron chi connectivity index (χ2n) is 6.55. The highest BCUT2D eigenvalue weighted by Crippen LogP contribution is 2.32. The third-order valence-corrected chi connectivity index (χ3v) is 4.23. The second kappa shape index (κ2) is 8.43. The molecular formula is C18H28N2O3. The van der Waals surface area contributed by atoms with Gasteiger partial charge in [-0.2, -0.15) is 0 Å². The van der Waals surface area contributed by atoms with Crippen molar-refractivity contribution in [1.29, 1.82) is 0 Å². The Morgan fingerprint density at radius 2 is 2.09 bits per heavy atom. The first-order valence-corrected chi connectivity index (χ1v) is 8.23. The SMILES string of the molecule is CN(CC(=O)N(C)C)CC(O)COC1CCCc2ccccc21. The van der Waals surface area contributed by atoms with Gasteiger partial charge >= 0.3 is 0 Å². The number of amides is 1. The molecule has 0 spiro atoms. The fourth-order valence-corrected chi connectivity index (χ4v) is 2.96. The summed E-state index contributed by atoms with van der Waals surface area (Å²) in [5.41, 5.74) is 2.61. The van der Waals surface area contributed by atoms with Gasteiger partial charge in [-0.3, -0.25) is 9.69 Å². The van der Waals surface area contributed by atoms with E-state index in [2.05, 4.69) is 18.2 Å². The predicted molar refractivity (Wildman–Crippen MR) is 90.3 cm³/mol. The molecule has 5 nitrogen and oxygen atoms in total. The lowest BCUT2D eigenvalue weighted by Gasteiger charge is -2.27. The lowest BCUT2D eigenvalue weighted by atomic mass is 9.89. The van der Waals surface area contributed by atoms with E-state index >= 15 is 0 Å². The number of rotatable bonds is 7. The van der Waals surface area contributed by atoms with Crippen LogP contribution < -0.4 is 0 Å². The summed E-state index contributed by atoms with van der Waals surface area (Å²) in [6.07, 6.45) is 2.70. The molecule has 0 radical (unpaired) electrons. The normalized spacial score (nSPS) is 18.6. The molecule has 1 N–H and O–H groups in total. The number of ether oxygens (including phenoxy) is 1. The Morgan fingerprint density at radius 1 is 1.35 bits per heavy atom. The number of benzene rings is 1. The number of fused-ring (bicyclic) bond motifs is 1. The van der Waals surface area contributed by atoms with Crippen molar-refractivity contribution >= 4 is 5.91 Å². The third-order valence-electron chi connectivity index (χ3n) is 4.23. The summed E-state index contributed by atoms with van der Waals surface area (Å²) in [4.78, 5) is 15.0. The average Bonchev–Trinajstić information content (AvgIpc) is 2.52. The quantitative estimate of drug-likeness (QED) is 0.826. The number of hydrogen-bond acceptors (Lipinski definition) is 4. The fourth-order valence-electron chi connectivity index (χ4n) is 2.96. The fraction of sp³-hybridized carbons (Fsp3) is 0.611. The van der Waals surface area contributed by atoms with Gasteiger partial charge in [0, 0.05) is 20.6 Å². The molecule has 1 aliphatic carbocycles. The summed E-state index contributed by atoms with van der Waals surface area (Å²) < 4.78 is 5.95. The molecule has 0 fully saturated rings. The van der Waals surface area contributed by atoms with Crippen LogP contribution in [0.15, 0.2) is 24.3 Å². The van der Waals surface area contributed by atoms with E-state index in [1.807, 2.05) is 18.0 Å². The van der Waals surface area contributed by atoms with Gasteiger partial charge in [0.1, 0.15) is 0 Å². The van der Waals surface area contributed by atoms with Gasteiger partial charge in [0.25, 0.3) is 0 Å². The van der Waals surface area contributed by atoms with Crippen LogP contribution >= 0.6 is 0 Å². The van der Waals surface area contributed by atoms with Crippen molar-refractivity contribution in [2.45, 2.75) is 31.5 Å². The van der Waals surface area contributed by atoms with Crippen molar-refractivity contribution in [1.82, 2.24) is 9.80 Å². The van der Waals surface area contributed by atoms with E-state index in [9.17, 15) is 9.90 Å². The van der Waals surface area contributed by atoms with E-state index in [1.54, 1.807) is 19.0 Å². The molecule has 0 heterocycles. The van der Waals surface area contributed by atoms with Gasteiger partial charge in [-0.05, 0) is 37.4 Å². The van der Waals surface area contributed by atoms with Gasteiger partial charge in [0.2, 0.25) is 5.91 Å². The first-order chi connectivity index (χ1) is 11.0. The van der Waals surface area contributed by atoms with E-state index in [1.165, 1.54) is 11.1 Å². The van der Waals surface area contributed by atoms with Gasteiger partial charge in [0.05, 0.1) is 25.4 Å². The highest BCUT2D eigenvalue weighted by atomic mass is 16.5. The molecular weight excluding hydrogens is 292 g/mol. The van der Waals surface area contributed by atoms with Crippen LogP contribution in [0.4, 0.5) is 0 Å². The minimum atomic E-state index is -0.593. The predicted octanol–water partition coefficient (Wildman–Crippen LogP) is 1.46. The first-order valence-electron chi connectivity index (χ1n) is 8.23. The summed E-state index contributed by atoms with van der Waals surface area (Å²) in [6, 6.07) is 8.37. The zero-order valence-corrected chi connectivity index (χ0v) is 14.4.